The highest BCUT2D eigenvalue weighted by Gasteiger charge is 2.28. The smallest absolute Gasteiger partial charge is 0.233 e. The molecule has 2 rings (SSSR count). The van der Waals surface area contributed by atoms with Crippen LogP contribution in [0.1, 0.15) is 12.8 Å². The fourth-order valence-corrected chi connectivity index (χ4v) is 3.44. The van der Waals surface area contributed by atoms with E-state index in [0.29, 0.717) is 21.8 Å². The number of hydrogen-bond acceptors (Lipinski definition) is 3. The molecule has 1 fully saturated rings. The zero-order chi connectivity index (χ0) is 11.8. The number of anilines is 2. The molecular formula is C10H13BrN2O2S. The first-order valence-electron chi connectivity index (χ1n) is 5.02. The minimum atomic E-state index is -3.25. The largest absolute Gasteiger partial charge is 0.399 e. The number of nitrogen functional groups attached to an aromatic ring is 1. The average molecular weight is 305 g/mol. The van der Waals surface area contributed by atoms with Gasteiger partial charge in [-0.3, -0.25) is 4.72 Å². The lowest BCUT2D eigenvalue weighted by Crippen LogP contribution is -2.18. The van der Waals surface area contributed by atoms with Gasteiger partial charge < -0.3 is 5.73 Å². The molecular weight excluding hydrogens is 292 g/mol. The summed E-state index contributed by atoms with van der Waals surface area (Å²) in [5, 5.41) is 0. The molecule has 1 aromatic carbocycles. The van der Waals surface area contributed by atoms with E-state index in [1.165, 1.54) is 0 Å². The first kappa shape index (κ1) is 11.7. The van der Waals surface area contributed by atoms with Crippen LogP contribution in [0, 0.1) is 5.92 Å². The molecule has 0 amide bonds. The molecule has 0 radical (unpaired) electrons. The van der Waals surface area contributed by atoms with Gasteiger partial charge in [0, 0.05) is 10.2 Å². The van der Waals surface area contributed by atoms with Gasteiger partial charge in [-0.2, -0.15) is 0 Å². The van der Waals surface area contributed by atoms with Gasteiger partial charge in [0.25, 0.3) is 0 Å². The van der Waals surface area contributed by atoms with Gasteiger partial charge in [-0.05, 0) is 52.9 Å². The third kappa shape index (κ3) is 3.12. The van der Waals surface area contributed by atoms with Crippen LogP contribution in [0.5, 0.6) is 0 Å². The van der Waals surface area contributed by atoms with E-state index < -0.39 is 10.0 Å². The summed E-state index contributed by atoms with van der Waals surface area (Å²) >= 11 is 3.28. The Morgan fingerprint density at radius 2 is 2.12 bits per heavy atom. The molecule has 4 nitrogen and oxygen atoms in total. The van der Waals surface area contributed by atoms with Crippen molar-refractivity contribution in [2.24, 2.45) is 5.92 Å². The Morgan fingerprint density at radius 1 is 1.44 bits per heavy atom. The lowest BCUT2D eigenvalue weighted by Gasteiger charge is -2.09. The molecule has 16 heavy (non-hydrogen) atoms. The van der Waals surface area contributed by atoms with E-state index in [2.05, 4.69) is 20.7 Å². The summed E-state index contributed by atoms with van der Waals surface area (Å²) in [7, 11) is -3.25. The summed E-state index contributed by atoms with van der Waals surface area (Å²) < 4.78 is 26.7. The topological polar surface area (TPSA) is 72.2 Å². The Kier molecular flexibility index (Phi) is 3.12. The van der Waals surface area contributed by atoms with Gasteiger partial charge in [0.2, 0.25) is 10.0 Å². The molecule has 0 aliphatic heterocycles. The fraction of sp³-hybridized carbons (Fsp3) is 0.400. The summed E-state index contributed by atoms with van der Waals surface area (Å²) in [5.41, 5.74) is 6.64. The van der Waals surface area contributed by atoms with Crippen molar-refractivity contribution >= 4 is 37.3 Å². The van der Waals surface area contributed by atoms with Crippen molar-refractivity contribution in [1.29, 1.82) is 0 Å². The van der Waals surface area contributed by atoms with Gasteiger partial charge in [0.1, 0.15) is 0 Å². The first-order valence-corrected chi connectivity index (χ1v) is 7.46. The van der Waals surface area contributed by atoms with Crippen molar-refractivity contribution < 1.29 is 8.42 Å². The maximum Gasteiger partial charge on any atom is 0.233 e. The number of hydrogen-bond donors (Lipinski definition) is 2. The Morgan fingerprint density at radius 3 is 2.75 bits per heavy atom. The third-order valence-corrected chi connectivity index (χ3v) is 4.54. The van der Waals surface area contributed by atoms with Crippen molar-refractivity contribution in [3.05, 3.63) is 22.7 Å². The molecule has 6 heteroatoms. The van der Waals surface area contributed by atoms with E-state index in [0.717, 1.165) is 12.8 Å². The molecule has 88 valence electrons. The molecule has 1 aliphatic rings. The summed E-state index contributed by atoms with van der Waals surface area (Å²) in [6, 6.07) is 5.04. The lowest BCUT2D eigenvalue weighted by molar-refractivity contribution is 0.597. The molecule has 1 saturated carbocycles. The molecule has 0 spiro atoms. The van der Waals surface area contributed by atoms with Crippen molar-refractivity contribution in [3.8, 4) is 0 Å². The van der Waals surface area contributed by atoms with Crippen LogP contribution in [0.2, 0.25) is 0 Å². The summed E-state index contributed by atoms with van der Waals surface area (Å²) in [6.45, 7) is 0. The zero-order valence-electron chi connectivity index (χ0n) is 8.61. The van der Waals surface area contributed by atoms with Gasteiger partial charge in [-0.25, -0.2) is 8.42 Å². The van der Waals surface area contributed by atoms with Crippen molar-refractivity contribution in [1.82, 2.24) is 0 Å². The van der Waals surface area contributed by atoms with Gasteiger partial charge in [0.15, 0.2) is 0 Å². The predicted octanol–water partition coefficient (Wildman–Crippen LogP) is 2.18. The number of rotatable bonds is 4. The fourth-order valence-electron chi connectivity index (χ4n) is 1.43. The average Bonchev–Trinajstić information content (AvgIpc) is 2.94. The summed E-state index contributed by atoms with van der Waals surface area (Å²) in [4.78, 5) is 0. The highest BCUT2D eigenvalue weighted by molar-refractivity contribution is 9.10. The van der Waals surface area contributed by atoms with Gasteiger partial charge in [0.05, 0.1) is 11.4 Å². The molecule has 0 heterocycles. The second-order valence-corrected chi connectivity index (χ2v) is 6.69. The Balaban J connectivity index is 2.15. The Bertz CT molecular complexity index is 498. The van der Waals surface area contributed by atoms with E-state index >= 15 is 0 Å². The first-order chi connectivity index (χ1) is 7.46. The number of sulfonamides is 1. The van der Waals surface area contributed by atoms with Crippen molar-refractivity contribution in [2.45, 2.75) is 12.8 Å². The number of nitrogens with one attached hydrogen (secondary N) is 1. The van der Waals surface area contributed by atoms with E-state index in [1.807, 2.05) is 0 Å². The highest BCUT2D eigenvalue weighted by atomic mass is 79.9. The van der Waals surface area contributed by atoms with Crippen LogP contribution in [0.3, 0.4) is 0 Å². The predicted molar refractivity (Wildman–Crippen MR) is 68.7 cm³/mol. The molecule has 1 aliphatic carbocycles. The van der Waals surface area contributed by atoms with Crippen LogP contribution in [0.4, 0.5) is 11.4 Å². The van der Waals surface area contributed by atoms with Crippen molar-refractivity contribution in [3.63, 3.8) is 0 Å². The molecule has 0 atom stereocenters. The number of nitrogens with two attached hydrogens (primary N) is 1. The van der Waals surface area contributed by atoms with E-state index in [9.17, 15) is 8.42 Å². The monoisotopic (exact) mass is 304 g/mol. The quantitative estimate of drug-likeness (QED) is 0.838. The minimum Gasteiger partial charge on any atom is -0.399 e. The Labute approximate surface area is 103 Å². The molecule has 0 aromatic heterocycles. The molecule has 0 bridgehead atoms. The third-order valence-electron chi connectivity index (χ3n) is 2.41. The van der Waals surface area contributed by atoms with Crippen LogP contribution in [0.25, 0.3) is 0 Å². The van der Waals surface area contributed by atoms with Crippen LogP contribution < -0.4 is 10.5 Å². The van der Waals surface area contributed by atoms with E-state index in [-0.39, 0.29) is 5.75 Å². The van der Waals surface area contributed by atoms with Crippen molar-refractivity contribution in [2.75, 3.05) is 16.2 Å². The molecule has 1 aromatic rings. The second kappa shape index (κ2) is 4.25. The molecule has 0 saturated heterocycles. The van der Waals surface area contributed by atoms with Gasteiger partial charge in [-0.1, -0.05) is 0 Å². The minimum absolute atomic E-state index is 0.203. The van der Waals surface area contributed by atoms with E-state index in [1.54, 1.807) is 18.2 Å². The van der Waals surface area contributed by atoms with Crippen LogP contribution in [-0.2, 0) is 10.0 Å². The van der Waals surface area contributed by atoms with Gasteiger partial charge >= 0.3 is 0 Å². The maximum absolute atomic E-state index is 11.7. The maximum atomic E-state index is 11.7. The summed E-state index contributed by atoms with van der Waals surface area (Å²) in [5.74, 6) is 0.533. The van der Waals surface area contributed by atoms with E-state index in [4.69, 9.17) is 5.73 Å². The highest BCUT2D eigenvalue weighted by Crippen LogP contribution is 2.32. The normalized spacial score (nSPS) is 16.1. The second-order valence-electron chi connectivity index (χ2n) is 4.07. The van der Waals surface area contributed by atoms with Gasteiger partial charge in [-0.15, -0.1) is 0 Å². The van der Waals surface area contributed by atoms with Crippen LogP contribution in [0.15, 0.2) is 22.7 Å². The summed E-state index contributed by atoms with van der Waals surface area (Å²) in [6.07, 6.45) is 2.03. The number of benzene rings is 1. The van der Waals surface area contributed by atoms with Crippen LogP contribution >= 0.6 is 15.9 Å². The molecule has 3 N–H and O–H groups in total. The van der Waals surface area contributed by atoms with Crippen LogP contribution in [-0.4, -0.2) is 14.2 Å². The lowest BCUT2D eigenvalue weighted by atomic mass is 10.3. The standard InChI is InChI=1S/C10H13BrN2O2S/c11-9-4-3-8(12)5-10(9)13-16(14,15)6-7-1-2-7/h3-5,7,13H,1-2,6,12H2. The SMILES string of the molecule is Nc1ccc(Br)c(NS(=O)(=O)CC2CC2)c1. The number of halogens is 1. The zero-order valence-corrected chi connectivity index (χ0v) is 11.0. The Hall–Kier alpha value is -0.750. The molecule has 0 unspecified atom stereocenters.